The van der Waals surface area contributed by atoms with Crippen LogP contribution in [0.15, 0.2) is 66.7 Å². The maximum atomic E-state index is 15.5. The van der Waals surface area contributed by atoms with Crippen LogP contribution in [0.2, 0.25) is 0 Å². The Morgan fingerprint density at radius 1 is 0.763 bits per heavy atom. The van der Waals surface area contributed by atoms with Gasteiger partial charge in [-0.1, -0.05) is 75.2 Å². The number of ether oxygens (including phenoxy) is 1. The highest BCUT2D eigenvalue weighted by Gasteiger charge is 2.25. The fraction of sp³-hybridized carbons (Fsp3) is 0.429. The summed E-state index contributed by atoms with van der Waals surface area (Å²) in [7, 11) is 0. The first-order chi connectivity index (χ1) is 18.6. The first kappa shape index (κ1) is 26.9. The van der Waals surface area contributed by atoms with Crippen molar-refractivity contribution in [3.05, 3.63) is 99.7 Å². The summed E-state index contributed by atoms with van der Waals surface area (Å²) in [4.78, 5) is 1.36. The van der Waals surface area contributed by atoms with E-state index in [2.05, 4.69) is 74.5 Å². The second kappa shape index (κ2) is 12.9. The van der Waals surface area contributed by atoms with Gasteiger partial charge in [-0.05, 0) is 109 Å². The SMILES string of the molecule is CCCCOc1ccc(C2CCC(c3cc4ccc(CCc5ccc(CCC)cc5)c(F)c4s3)CC2)cc1. The zero-order valence-electron chi connectivity index (χ0n) is 23.0. The molecule has 1 aliphatic rings. The van der Waals surface area contributed by atoms with E-state index in [1.807, 2.05) is 6.07 Å². The molecule has 5 rings (SSSR count). The van der Waals surface area contributed by atoms with Crippen molar-refractivity contribution in [2.75, 3.05) is 6.61 Å². The molecule has 0 bridgehead atoms. The van der Waals surface area contributed by atoms with Gasteiger partial charge < -0.3 is 4.74 Å². The number of unbranched alkanes of at least 4 members (excludes halogenated alkanes) is 1. The zero-order chi connectivity index (χ0) is 26.3. The number of aryl methyl sites for hydroxylation is 3. The molecule has 0 N–H and O–H groups in total. The van der Waals surface area contributed by atoms with Crippen molar-refractivity contribution >= 4 is 21.4 Å². The average Bonchev–Trinajstić information content (AvgIpc) is 3.40. The van der Waals surface area contributed by atoms with E-state index in [1.54, 1.807) is 11.3 Å². The van der Waals surface area contributed by atoms with Gasteiger partial charge in [-0.3, -0.25) is 0 Å². The quantitative estimate of drug-likeness (QED) is 0.176. The summed E-state index contributed by atoms with van der Waals surface area (Å²) in [5.74, 6) is 2.14. The van der Waals surface area contributed by atoms with Crippen LogP contribution in [0.4, 0.5) is 4.39 Å². The molecule has 0 aliphatic heterocycles. The predicted octanol–water partition coefficient (Wildman–Crippen LogP) is 10.4. The van der Waals surface area contributed by atoms with Gasteiger partial charge in [-0.15, -0.1) is 11.3 Å². The highest BCUT2D eigenvalue weighted by atomic mass is 32.1. The van der Waals surface area contributed by atoms with E-state index in [4.69, 9.17) is 4.74 Å². The van der Waals surface area contributed by atoms with E-state index in [0.717, 1.165) is 66.5 Å². The summed E-state index contributed by atoms with van der Waals surface area (Å²) in [6, 6.07) is 24.0. The molecule has 1 nitrogen and oxygen atoms in total. The van der Waals surface area contributed by atoms with Crippen molar-refractivity contribution in [1.29, 1.82) is 0 Å². The fourth-order valence-corrected chi connectivity index (χ4v) is 7.14. The van der Waals surface area contributed by atoms with Crippen molar-refractivity contribution in [3.8, 4) is 5.75 Å². The van der Waals surface area contributed by atoms with Crippen molar-refractivity contribution in [1.82, 2.24) is 0 Å². The molecular formula is C35H41FOS. The van der Waals surface area contributed by atoms with Crippen LogP contribution in [0.25, 0.3) is 10.1 Å². The Hall–Kier alpha value is -2.65. The highest BCUT2D eigenvalue weighted by molar-refractivity contribution is 7.19. The largest absolute Gasteiger partial charge is 0.494 e. The lowest BCUT2D eigenvalue weighted by Gasteiger charge is -2.28. The van der Waals surface area contributed by atoms with Gasteiger partial charge in [0.1, 0.15) is 11.6 Å². The summed E-state index contributed by atoms with van der Waals surface area (Å²) in [5, 5.41) is 1.07. The summed E-state index contributed by atoms with van der Waals surface area (Å²) in [6.45, 7) is 5.19. The molecule has 3 heteroatoms. The van der Waals surface area contributed by atoms with Crippen LogP contribution < -0.4 is 4.74 Å². The molecule has 0 radical (unpaired) electrons. The highest BCUT2D eigenvalue weighted by Crippen LogP contribution is 2.44. The third-order valence-electron chi connectivity index (χ3n) is 8.22. The Labute approximate surface area is 232 Å². The monoisotopic (exact) mass is 528 g/mol. The van der Waals surface area contributed by atoms with E-state index < -0.39 is 0 Å². The number of halogens is 1. The minimum absolute atomic E-state index is 0.00344. The van der Waals surface area contributed by atoms with E-state index in [1.165, 1.54) is 47.3 Å². The minimum Gasteiger partial charge on any atom is -0.494 e. The molecule has 1 aliphatic carbocycles. The van der Waals surface area contributed by atoms with Gasteiger partial charge in [0.05, 0.1) is 11.3 Å². The van der Waals surface area contributed by atoms with Crippen LogP contribution in [-0.4, -0.2) is 6.61 Å². The van der Waals surface area contributed by atoms with Gasteiger partial charge in [0.2, 0.25) is 0 Å². The van der Waals surface area contributed by atoms with E-state index >= 15 is 4.39 Å². The lowest BCUT2D eigenvalue weighted by Crippen LogP contribution is -2.11. The predicted molar refractivity (Wildman–Crippen MR) is 160 cm³/mol. The Morgan fingerprint density at radius 3 is 2.13 bits per heavy atom. The zero-order valence-corrected chi connectivity index (χ0v) is 23.8. The number of hydrogen-bond acceptors (Lipinski definition) is 2. The molecule has 1 aromatic heterocycles. The Morgan fingerprint density at radius 2 is 1.45 bits per heavy atom. The molecule has 4 aromatic rings. The van der Waals surface area contributed by atoms with Crippen molar-refractivity contribution < 1.29 is 9.13 Å². The van der Waals surface area contributed by atoms with E-state index in [-0.39, 0.29) is 5.82 Å². The van der Waals surface area contributed by atoms with Crippen molar-refractivity contribution in [2.24, 2.45) is 0 Å². The van der Waals surface area contributed by atoms with Gasteiger partial charge in [0.25, 0.3) is 0 Å². The van der Waals surface area contributed by atoms with Crippen molar-refractivity contribution in [2.45, 2.75) is 89.9 Å². The fourth-order valence-electron chi connectivity index (χ4n) is 5.85. The second-order valence-electron chi connectivity index (χ2n) is 11.0. The van der Waals surface area contributed by atoms with E-state index in [9.17, 15) is 0 Å². The molecule has 0 saturated heterocycles. The number of thiophene rings is 1. The maximum absolute atomic E-state index is 15.5. The standard InChI is InChI=1S/C35H41FOS/c1-3-5-23-37-32-21-19-28(20-22-32)27-13-15-29(16-14-27)33-24-31-18-17-30(34(36)35(31)38-33)12-11-26-9-7-25(6-4-2)8-10-26/h7-10,17-22,24,27,29H,3-6,11-16,23H2,1-2H3. The molecule has 200 valence electrons. The summed E-state index contributed by atoms with van der Waals surface area (Å²) in [5.41, 5.74) is 4.94. The van der Waals surface area contributed by atoms with Gasteiger partial charge in [-0.2, -0.15) is 0 Å². The van der Waals surface area contributed by atoms with Crippen LogP contribution in [0, 0.1) is 5.82 Å². The molecule has 0 unspecified atom stereocenters. The summed E-state index contributed by atoms with van der Waals surface area (Å²) < 4.78 is 22.2. The first-order valence-corrected chi connectivity index (χ1v) is 15.5. The summed E-state index contributed by atoms with van der Waals surface area (Å²) in [6.07, 6.45) is 10.9. The number of benzene rings is 3. The molecule has 38 heavy (non-hydrogen) atoms. The van der Waals surface area contributed by atoms with Crippen molar-refractivity contribution in [3.63, 3.8) is 0 Å². The Bertz CT molecular complexity index is 1300. The van der Waals surface area contributed by atoms with Gasteiger partial charge in [-0.25, -0.2) is 4.39 Å². The van der Waals surface area contributed by atoms with Crippen LogP contribution >= 0.6 is 11.3 Å². The minimum atomic E-state index is -0.00344. The molecule has 3 aromatic carbocycles. The summed E-state index contributed by atoms with van der Waals surface area (Å²) >= 11 is 1.69. The molecule has 0 atom stereocenters. The van der Waals surface area contributed by atoms with Crippen LogP contribution in [0.5, 0.6) is 5.75 Å². The second-order valence-corrected chi connectivity index (χ2v) is 12.1. The topological polar surface area (TPSA) is 9.23 Å². The third kappa shape index (κ3) is 6.49. The maximum Gasteiger partial charge on any atom is 0.144 e. The average molecular weight is 529 g/mol. The number of fused-ring (bicyclic) bond motifs is 1. The third-order valence-corrected chi connectivity index (χ3v) is 9.52. The van der Waals surface area contributed by atoms with Gasteiger partial charge in [0, 0.05) is 4.88 Å². The molecule has 0 amide bonds. The molecule has 1 saturated carbocycles. The number of rotatable bonds is 11. The first-order valence-electron chi connectivity index (χ1n) is 14.7. The number of hydrogen-bond donors (Lipinski definition) is 0. The van der Waals surface area contributed by atoms with E-state index in [0.29, 0.717) is 11.8 Å². The molecular weight excluding hydrogens is 487 g/mol. The van der Waals surface area contributed by atoms with Gasteiger partial charge >= 0.3 is 0 Å². The normalized spacial score (nSPS) is 17.7. The lowest BCUT2D eigenvalue weighted by atomic mass is 9.78. The van der Waals surface area contributed by atoms with Crippen LogP contribution in [0.1, 0.15) is 97.8 Å². The molecule has 0 spiro atoms. The molecule has 1 fully saturated rings. The Kier molecular flexibility index (Phi) is 9.17. The van der Waals surface area contributed by atoms with Crippen LogP contribution in [-0.2, 0) is 19.3 Å². The Balaban J connectivity index is 1.19. The lowest BCUT2D eigenvalue weighted by molar-refractivity contribution is 0.309. The van der Waals surface area contributed by atoms with Gasteiger partial charge in [0.15, 0.2) is 0 Å². The molecule has 1 heterocycles. The van der Waals surface area contributed by atoms with Crippen LogP contribution in [0.3, 0.4) is 0 Å². The smallest absolute Gasteiger partial charge is 0.144 e.